The largest absolute Gasteiger partial charge is 0.416 e. The van der Waals surface area contributed by atoms with Crippen molar-refractivity contribution >= 4 is 40.6 Å². The molecule has 0 radical (unpaired) electrons. The molecular formula is C17H12F3N3O4S. The van der Waals surface area contributed by atoms with Crippen LogP contribution < -0.4 is 10.6 Å². The van der Waals surface area contributed by atoms with Crippen LogP contribution in [-0.2, 0) is 15.8 Å². The van der Waals surface area contributed by atoms with E-state index in [1.807, 2.05) is 0 Å². The van der Waals surface area contributed by atoms with E-state index in [1.54, 1.807) is 0 Å². The predicted molar refractivity (Wildman–Crippen MR) is 96.1 cm³/mol. The number of carbonyl (C=O) groups is 2. The first-order valence-corrected chi connectivity index (χ1v) is 8.74. The van der Waals surface area contributed by atoms with Gasteiger partial charge >= 0.3 is 6.18 Å². The number of anilines is 2. The fourth-order valence-corrected chi connectivity index (χ4v) is 3.63. The van der Waals surface area contributed by atoms with Crippen LogP contribution in [0.25, 0.3) is 0 Å². The van der Waals surface area contributed by atoms with E-state index in [0.29, 0.717) is 4.90 Å². The maximum absolute atomic E-state index is 12.8. The SMILES string of the molecule is O=C(CC1Sc2ccc(C(F)(F)F)cc2NC1=O)Nc1cccc([N+](=O)[O-])c1. The second kappa shape index (κ2) is 7.50. The summed E-state index contributed by atoms with van der Waals surface area (Å²) in [4.78, 5) is 34.9. The zero-order valence-electron chi connectivity index (χ0n) is 13.9. The van der Waals surface area contributed by atoms with Crippen LogP contribution in [0, 0.1) is 10.1 Å². The lowest BCUT2D eigenvalue weighted by Crippen LogP contribution is -2.32. The molecule has 0 fully saturated rings. The first-order chi connectivity index (χ1) is 13.1. The molecule has 1 atom stereocenters. The molecule has 2 aromatic carbocycles. The molecular weight excluding hydrogens is 399 g/mol. The number of nitrogens with one attached hydrogen (secondary N) is 2. The van der Waals surface area contributed by atoms with Gasteiger partial charge in [0.15, 0.2) is 0 Å². The molecule has 0 bridgehead atoms. The Hall–Kier alpha value is -3.08. The molecule has 2 amide bonds. The standard InChI is InChI=1S/C17H12F3N3O4S/c18-17(19,20)9-4-5-13-12(6-9)22-16(25)14(28-13)8-15(24)21-10-2-1-3-11(7-10)23(26)27/h1-7,14H,8H2,(H,21,24)(H,22,25). The van der Waals surface area contributed by atoms with Crippen molar-refractivity contribution in [2.75, 3.05) is 10.6 Å². The van der Waals surface area contributed by atoms with Crippen LogP contribution in [0.4, 0.5) is 30.2 Å². The van der Waals surface area contributed by atoms with E-state index in [2.05, 4.69) is 10.6 Å². The van der Waals surface area contributed by atoms with Gasteiger partial charge in [-0.3, -0.25) is 19.7 Å². The van der Waals surface area contributed by atoms with Crippen LogP contribution >= 0.6 is 11.8 Å². The first-order valence-electron chi connectivity index (χ1n) is 7.86. The van der Waals surface area contributed by atoms with Gasteiger partial charge in [0.2, 0.25) is 11.8 Å². The number of nitrogens with zero attached hydrogens (tertiary/aromatic N) is 1. The maximum Gasteiger partial charge on any atom is 0.416 e. The lowest BCUT2D eigenvalue weighted by atomic mass is 10.1. The minimum atomic E-state index is -4.53. The summed E-state index contributed by atoms with van der Waals surface area (Å²) < 4.78 is 38.3. The minimum absolute atomic E-state index is 0.0418. The second-order valence-corrected chi connectivity index (χ2v) is 7.11. The van der Waals surface area contributed by atoms with Crippen LogP contribution in [0.2, 0.25) is 0 Å². The molecule has 11 heteroatoms. The summed E-state index contributed by atoms with van der Waals surface area (Å²) in [6.45, 7) is 0. The third-order valence-corrected chi connectivity index (χ3v) is 5.11. The number of fused-ring (bicyclic) bond motifs is 1. The number of nitro benzene ring substituents is 1. The number of alkyl halides is 3. The Balaban J connectivity index is 1.69. The van der Waals surface area contributed by atoms with Crippen molar-refractivity contribution in [2.24, 2.45) is 0 Å². The van der Waals surface area contributed by atoms with Crippen LogP contribution in [0.15, 0.2) is 47.4 Å². The van der Waals surface area contributed by atoms with Gasteiger partial charge in [0, 0.05) is 29.1 Å². The van der Waals surface area contributed by atoms with E-state index in [4.69, 9.17) is 0 Å². The van der Waals surface area contributed by atoms with Gasteiger partial charge in [0.05, 0.1) is 21.4 Å². The van der Waals surface area contributed by atoms with Gasteiger partial charge in [-0.1, -0.05) is 6.07 Å². The average molecular weight is 411 g/mol. The highest BCUT2D eigenvalue weighted by Crippen LogP contribution is 2.40. The summed E-state index contributed by atoms with van der Waals surface area (Å²) in [5, 5.41) is 14.8. The summed E-state index contributed by atoms with van der Waals surface area (Å²) in [5.41, 5.74) is -0.832. The first kappa shape index (κ1) is 19.7. The molecule has 7 nitrogen and oxygen atoms in total. The molecule has 2 N–H and O–H groups in total. The number of carbonyl (C=O) groups excluding carboxylic acids is 2. The molecule has 28 heavy (non-hydrogen) atoms. The molecule has 1 unspecified atom stereocenters. The molecule has 1 aliphatic heterocycles. The number of hydrogen-bond donors (Lipinski definition) is 2. The third kappa shape index (κ3) is 4.42. The van der Waals surface area contributed by atoms with Crippen molar-refractivity contribution in [3.63, 3.8) is 0 Å². The molecule has 1 heterocycles. The van der Waals surface area contributed by atoms with Gasteiger partial charge in [-0.2, -0.15) is 13.2 Å². The Morgan fingerprint density at radius 1 is 1.25 bits per heavy atom. The van der Waals surface area contributed by atoms with Crippen molar-refractivity contribution < 1.29 is 27.7 Å². The number of nitro groups is 1. The summed E-state index contributed by atoms with van der Waals surface area (Å²) in [5.74, 6) is -1.14. The van der Waals surface area contributed by atoms with E-state index in [0.717, 1.165) is 23.9 Å². The van der Waals surface area contributed by atoms with Gasteiger partial charge < -0.3 is 10.6 Å². The fourth-order valence-electron chi connectivity index (χ4n) is 2.54. The number of amides is 2. The minimum Gasteiger partial charge on any atom is -0.326 e. The maximum atomic E-state index is 12.8. The molecule has 146 valence electrons. The molecule has 0 aromatic heterocycles. The van der Waals surface area contributed by atoms with Crippen molar-refractivity contribution in [1.82, 2.24) is 0 Å². The Bertz CT molecular complexity index is 965. The number of non-ortho nitro benzene ring substituents is 1. The van der Waals surface area contributed by atoms with E-state index >= 15 is 0 Å². The van der Waals surface area contributed by atoms with Crippen molar-refractivity contribution in [3.8, 4) is 0 Å². The Morgan fingerprint density at radius 3 is 2.68 bits per heavy atom. The third-order valence-electron chi connectivity index (χ3n) is 3.84. The lowest BCUT2D eigenvalue weighted by Gasteiger charge is -2.24. The summed E-state index contributed by atoms with van der Waals surface area (Å²) in [6, 6.07) is 8.32. The highest BCUT2D eigenvalue weighted by Gasteiger charge is 2.34. The lowest BCUT2D eigenvalue weighted by molar-refractivity contribution is -0.384. The Labute approximate surface area is 160 Å². The number of benzene rings is 2. The molecule has 0 saturated carbocycles. The van der Waals surface area contributed by atoms with Gasteiger partial charge in [0.25, 0.3) is 5.69 Å². The molecule has 0 saturated heterocycles. The highest BCUT2D eigenvalue weighted by molar-refractivity contribution is 8.01. The number of thioether (sulfide) groups is 1. The molecule has 0 aliphatic carbocycles. The second-order valence-electron chi connectivity index (χ2n) is 5.86. The van der Waals surface area contributed by atoms with Gasteiger partial charge in [-0.15, -0.1) is 11.8 Å². The number of hydrogen-bond acceptors (Lipinski definition) is 5. The van der Waals surface area contributed by atoms with E-state index < -0.39 is 33.7 Å². The smallest absolute Gasteiger partial charge is 0.326 e. The zero-order valence-corrected chi connectivity index (χ0v) is 14.8. The van der Waals surface area contributed by atoms with E-state index in [1.165, 1.54) is 30.3 Å². The summed E-state index contributed by atoms with van der Waals surface area (Å²) >= 11 is 0.983. The molecule has 2 aromatic rings. The summed E-state index contributed by atoms with van der Waals surface area (Å²) in [7, 11) is 0. The van der Waals surface area contributed by atoms with Crippen LogP contribution in [0.1, 0.15) is 12.0 Å². The molecule has 1 aliphatic rings. The number of rotatable bonds is 4. The highest BCUT2D eigenvalue weighted by atomic mass is 32.2. The van der Waals surface area contributed by atoms with Crippen molar-refractivity contribution in [1.29, 1.82) is 0 Å². The average Bonchev–Trinajstić information content (AvgIpc) is 2.61. The predicted octanol–water partition coefficient (Wildman–Crippen LogP) is 4.06. The van der Waals surface area contributed by atoms with Gasteiger partial charge in [-0.25, -0.2) is 0 Å². The van der Waals surface area contributed by atoms with Gasteiger partial charge in [-0.05, 0) is 24.3 Å². The van der Waals surface area contributed by atoms with Crippen molar-refractivity contribution in [2.45, 2.75) is 22.7 Å². The monoisotopic (exact) mass is 411 g/mol. The normalized spacial score (nSPS) is 16.1. The fraction of sp³-hybridized carbons (Fsp3) is 0.176. The Kier molecular flexibility index (Phi) is 5.27. The van der Waals surface area contributed by atoms with Gasteiger partial charge in [0.1, 0.15) is 0 Å². The zero-order chi connectivity index (χ0) is 20.5. The quantitative estimate of drug-likeness (QED) is 0.584. The van der Waals surface area contributed by atoms with E-state index in [-0.39, 0.29) is 23.5 Å². The van der Waals surface area contributed by atoms with E-state index in [9.17, 15) is 32.9 Å². The summed E-state index contributed by atoms with van der Waals surface area (Å²) in [6.07, 6.45) is -4.78. The van der Waals surface area contributed by atoms with Crippen molar-refractivity contribution in [3.05, 3.63) is 58.1 Å². The molecule has 0 spiro atoms. The topological polar surface area (TPSA) is 101 Å². The van der Waals surface area contributed by atoms with Crippen LogP contribution in [-0.4, -0.2) is 22.0 Å². The number of halogens is 3. The van der Waals surface area contributed by atoms with Crippen LogP contribution in [0.5, 0.6) is 0 Å². The Morgan fingerprint density at radius 2 is 2.00 bits per heavy atom. The molecule has 3 rings (SSSR count). The van der Waals surface area contributed by atoms with Crippen LogP contribution in [0.3, 0.4) is 0 Å².